The van der Waals surface area contributed by atoms with Gasteiger partial charge in [0.15, 0.2) is 0 Å². The number of methoxy groups -OCH3 is 1. The Kier molecular flexibility index (Phi) is 7.04. The Morgan fingerprint density at radius 1 is 1.06 bits per heavy atom. The minimum atomic E-state index is -3.83. The van der Waals surface area contributed by atoms with Gasteiger partial charge in [-0.3, -0.25) is 9.69 Å². The molecule has 2 aliphatic rings. The Morgan fingerprint density at radius 3 is 2.30 bits per heavy atom. The number of morpholine rings is 1. The predicted molar refractivity (Wildman–Crippen MR) is 124 cm³/mol. The second-order valence-corrected chi connectivity index (χ2v) is 10.5. The number of aryl methyl sites for hydroxylation is 1. The van der Waals surface area contributed by atoms with Crippen molar-refractivity contribution in [3.05, 3.63) is 59.7 Å². The van der Waals surface area contributed by atoms with Crippen LogP contribution in [0.4, 0.5) is 0 Å². The third kappa shape index (κ3) is 4.91. The summed E-state index contributed by atoms with van der Waals surface area (Å²) in [5, 5.41) is 0. The molecule has 8 nitrogen and oxygen atoms in total. The van der Waals surface area contributed by atoms with Gasteiger partial charge in [0.25, 0.3) is 0 Å². The molecule has 2 aliphatic heterocycles. The van der Waals surface area contributed by atoms with Crippen molar-refractivity contribution in [2.45, 2.75) is 31.0 Å². The van der Waals surface area contributed by atoms with Gasteiger partial charge in [-0.2, -0.15) is 4.31 Å². The molecular formula is C24H31N3O5S. The Morgan fingerprint density at radius 2 is 1.70 bits per heavy atom. The quantitative estimate of drug-likeness (QED) is 0.640. The molecule has 0 aliphatic carbocycles. The standard InChI is InChI=1S/C24H31N3O5S/c1-18-4-10-22(11-5-18)33(29,30)26-16-19(2)27(23(28)17-25-12-14-32-15-13-25)24(26)20-6-8-21(31-3)9-7-20/h4-11,19,24H,12-17H2,1-3H3/t19-,24-/m0/s1. The summed E-state index contributed by atoms with van der Waals surface area (Å²) >= 11 is 0. The minimum Gasteiger partial charge on any atom is -0.497 e. The molecule has 0 bridgehead atoms. The van der Waals surface area contributed by atoms with Gasteiger partial charge >= 0.3 is 0 Å². The molecule has 33 heavy (non-hydrogen) atoms. The van der Waals surface area contributed by atoms with Gasteiger partial charge in [0.1, 0.15) is 11.9 Å². The van der Waals surface area contributed by atoms with Crippen LogP contribution in [-0.4, -0.2) is 81.0 Å². The molecule has 0 N–H and O–H groups in total. The number of ether oxygens (including phenoxy) is 2. The molecule has 2 atom stereocenters. The zero-order chi connectivity index (χ0) is 23.6. The Hall–Kier alpha value is -2.46. The van der Waals surface area contributed by atoms with Crippen LogP contribution < -0.4 is 4.74 Å². The van der Waals surface area contributed by atoms with E-state index in [0.29, 0.717) is 32.1 Å². The fourth-order valence-corrected chi connectivity index (χ4v) is 6.07. The van der Waals surface area contributed by atoms with E-state index in [2.05, 4.69) is 4.90 Å². The van der Waals surface area contributed by atoms with E-state index in [-0.39, 0.29) is 29.9 Å². The van der Waals surface area contributed by atoms with E-state index in [4.69, 9.17) is 9.47 Å². The van der Waals surface area contributed by atoms with Crippen LogP contribution in [0.5, 0.6) is 5.75 Å². The molecule has 0 radical (unpaired) electrons. The van der Waals surface area contributed by atoms with E-state index in [1.165, 1.54) is 4.31 Å². The average molecular weight is 474 g/mol. The molecule has 0 aromatic heterocycles. The number of nitrogens with zero attached hydrogens (tertiary/aromatic N) is 3. The van der Waals surface area contributed by atoms with Gasteiger partial charge in [-0.25, -0.2) is 8.42 Å². The smallest absolute Gasteiger partial charge is 0.245 e. The molecule has 178 valence electrons. The highest BCUT2D eigenvalue weighted by atomic mass is 32.2. The van der Waals surface area contributed by atoms with E-state index in [1.54, 1.807) is 48.4 Å². The number of hydrogen-bond donors (Lipinski definition) is 0. The van der Waals surface area contributed by atoms with Crippen molar-refractivity contribution in [3.8, 4) is 5.75 Å². The molecule has 0 spiro atoms. The molecule has 0 saturated carbocycles. The van der Waals surface area contributed by atoms with Crippen LogP contribution in [0.2, 0.25) is 0 Å². The molecule has 2 saturated heterocycles. The lowest BCUT2D eigenvalue weighted by molar-refractivity contribution is -0.137. The molecular weight excluding hydrogens is 442 g/mol. The average Bonchev–Trinajstić information content (AvgIpc) is 3.18. The topological polar surface area (TPSA) is 79.4 Å². The molecule has 2 aromatic rings. The van der Waals surface area contributed by atoms with Crippen LogP contribution in [0.3, 0.4) is 0 Å². The number of carbonyl (C=O) groups excluding carboxylic acids is 1. The lowest BCUT2D eigenvalue weighted by Crippen LogP contribution is -2.47. The second-order valence-electron chi connectivity index (χ2n) is 8.57. The number of sulfonamides is 1. The largest absolute Gasteiger partial charge is 0.497 e. The number of hydrogen-bond acceptors (Lipinski definition) is 6. The first kappa shape index (κ1) is 23.7. The number of amides is 1. The first-order chi connectivity index (χ1) is 15.8. The minimum absolute atomic E-state index is 0.0909. The fourth-order valence-electron chi connectivity index (χ4n) is 4.42. The van der Waals surface area contributed by atoms with Gasteiger partial charge in [-0.1, -0.05) is 29.8 Å². The molecule has 2 heterocycles. The van der Waals surface area contributed by atoms with Crippen LogP contribution >= 0.6 is 0 Å². The monoisotopic (exact) mass is 473 g/mol. The van der Waals surface area contributed by atoms with Crippen molar-refractivity contribution in [3.63, 3.8) is 0 Å². The van der Waals surface area contributed by atoms with Gasteiger partial charge in [0.2, 0.25) is 15.9 Å². The van der Waals surface area contributed by atoms with E-state index < -0.39 is 16.2 Å². The summed E-state index contributed by atoms with van der Waals surface area (Å²) in [6, 6.07) is 13.8. The third-order valence-corrected chi connectivity index (χ3v) is 8.08. The van der Waals surface area contributed by atoms with Crippen molar-refractivity contribution >= 4 is 15.9 Å². The highest BCUT2D eigenvalue weighted by Gasteiger charge is 2.47. The third-order valence-electron chi connectivity index (χ3n) is 6.25. The fraction of sp³-hybridized carbons (Fsp3) is 0.458. The van der Waals surface area contributed by atoms with E-state index in [0.717, 1.165) is 11.1 Å². The van der Waals surface area contributed by atoms with Crippen molar-refractivity contribution in [1.82, 2.24) is 14.1 Å². The lowest BCUT2D eigenvalue weighted by atomic mass is 10.1. The molecule has 9 heteroatoms. The zero-order valence-electron chi connectivity index (χ0n) is 19.3. The first-order valence-electron chi connectivity index (χ1n) is 11.1. The first-order valence-corrected chi connectivity index (χ1v) is 12.6. The molecule has 0 unspecified atom stereocenters. The summed E-state index contributed by atoms with van der Waals surface area (Å²) in [4.78, 5) is 17.5. The summed E-state index contributed by atoms with van der Waals surface area (Å²) in [5.41, 5.74) is 1.71. The normalized spacial score (nSPS) is 22.5. The van der Waals surface area contributed by atoms with Gasteiger partial charge in [0.05, 0.1) is 31.8 Å². The second kappa shape index (κ2) is 9.80. The van der Waals surface area contributed by atoms with Crippen LogP contribution in [0.25, 0.3) is 0 Å². The summed E-state index contributed by atoms with van der Waals surface area (Å²) in [6.07, 6.45) is -0.731. The Balaban J connectivity index is 1.70. The summed E-state index contributed by atoms with van der Waals surface area (Å²) < 4.78 is 39.5. The van der Waals surface area contributed by atoms with Gasteiger partial charge in [-0.05, 0) is 43.7 Å². The van der Waals surface area contributed by atoms with Gasteiger partial charge < -0.3 is 14.4 Å². The predicted octanol–water partition coefficient (Wildman–Crippen LogP) is 2.26. The maximum atomic E-state index is 13.7. The number of benzene rings is 2. The summed E-state index contributed by atoms with van der Waals surface area (Å²) in [5.74, 6) is 0.579. The maximum Gasteiger partial charge on any atom is 0.245 e. The van der Waals surface area contributed by atoms with Crippen LogP contribution in [-0.2, 0) is 19.6 Å². The van der Waals surface area contributed by atoms with Crippen LogP contribution in [0.1, 0.15) is 24.2 Å². The van der Waals surface area contributed by atoms with Crippen molar-refractivity contribution in [2.24, 2.45) is 0 Å². The summed E-state index contributed by atoms with van der Waals surface area (Å²) in [7, 11) is -2.24. The highest BCUT2D eigenvalue weighted by molar-refractivity contribution is 7.89. The Labute approximate surface area is 195 Å². The van der Waals surface area contributed by atoms with Crippen LogP contribution in [0.15, 0.2) is 53.4 Å². The SMILES string of the molecule is COc1ccc([C@@H]2N(C(=O)CN3CCOCC3)[C@@H](C)CN2S(=O)(=O)c2ccc(C)cc2)cc1. The molecule has 2 fully saturated rings. The lowest BCUT2D eigenvalue weighted by Gasteiger charge is -2.34. The van der Waals surface area contributed by atoms with Crippen molar-refractivity contribution in [1.29, 1.82) is 0 Å². The molecule has 2 aromatic carbocycles. The van der Waals surface area contributed by atoms with Crippen LogP contribution in [0, 0.1) is 6.92 Å². The van der Waals surface area contributed by atoms with Crippen molar-refractivity contribution in [2.75, 3.05) is 46.5 Å². The maximum absolute atomic E-state index is 13.7. The highest BCUT2D eigenvalue weighted by Crippen LogP contribution is 2.38. The number of carbonyl (C=O) groups is 1. The van der Waals surface area contributed by atoms with E-state index >= 15 is 0 Å². The van der Waals surface area contributed by atoms with Crippen molar-refractivity contribution < 1.29 is 22.7 Å². The zero-order valence-corrected chi connectivity index (χ0v) is 20.1. The molecule has 1 amide bonds. The Bertz CT molecular complexity index is 1070. The van der Waals surface area contributed by atoms with Gasteiger partial charge in [-0.15, -0.1) is 0 Å². The van der Waals surface area contributed by atoms with Gasteiger partial charge in [0, 0.05) is 25.7 Å². The van der Waals surface area contributed by atoms with E-state index in [1.807, 2.05) is 26.0 Å². The summed E-state index contributed by atoms with van der Waals surface area (Å²) in [6.45, 7) is 6.84. The van der Waals surface area contributed by atoms with E-state index in [9.17, 15) is 13.2 Å². The molecule has 4 rings (SSSR count). The number of rotatable bonds is 6.